The number of carbonyl (C=O) groups is 1. The molecule has 6 heteroatoms. The Hall–Kier alpha value is -1.56. The second kappa shape index (κ2) is 7.13. The SMILES string of the molecule is CC(=O)Nc1ccc(CN[C@@H]2CCC[C@@H](C(F)(F)F)C2)cc1. The summed E-state index contributed by atoms with van der Waals surface area (Å²) < 4.78 is 38.3. The molecule has 1 saturated carbocycles. The van der Waals surface area contributed by atoms with E-state index < -0.39 is 12.1 Å². The van der Waals surface area contributed by atoms with Crippen molar-refractivity contribution in [2.24, 2.45) is 5.92 Å². The van der Waals surface area contributed by atoms with Gasteiger partial charge >= 0.3 is 6.18 Å². The van der Waals surface area contributed by atoms with Crippen LogP contribution < -0.4 is 10.6 Å². The molecule has 122 valence electrons. The number of benzene rings is 1. The van der Waals surface area contributed by atoms with Gasteiger partial charge in [0.05, 0.1) is 5.92 Å². The highest BCUT2D eigenvalue weighted by molar-refractivity contribution is 5.88. The Kier molecular flexibility index (Phi) is 5.45. The average molecular weight is 314 g/mol. The third-order valence-corrected chi connectivity index (χ3v) is 4.01. The van der Waals surface area contributed by atoms with E-state index in [0.29, 0.717) is 18.7 Å². The smallest absolute Gasteiger partial charge is 0.326 e. The van der Waals surface area contributed by atoms with Crippen LogP contribution in [0.1, 0.15) is 38.2 Å². The van der Waals surface area contributed by atoms with E-state index in [1.54, 1.807) is 12.1 Å². The maximum atomic E-state index is 12.8. The molecule has 0 aliphatic heterocycles. The molecule has 0 radical (unpaired) electrons. The molecule has 0 unspecified atom stereocenters. The van der Waals surface area contributed by atoms with Crippen LogP contribution in [-0.4, -0.2) is 18.1 Å². The second-order valence-electron chi connectivity index (χ2n) is 5.86. The van der Waals surface area contributed by atoms with Crippen molar-refractivity contribution >= 4 is 11.6 Å². The summed E-state index contributed by atoms with van der Waals surface area (Å²) in [6.07, 6.45) is -2.28. The van der Waals surface area contributed by atoms with E-state index in [1.165, 1.54) is 6.92 Å². The number of carbonyl (C=O) groups excluding carboxylic acids is 1. The number of nitrogens with one attached hydrogen (secondary N) is 2. The van der Waals surface area contributed by atoms with Crippen molar-refractivity contribution in [2.75, 3.05) is 5.32 Å². The van der Waals surface area contributed by atoms with Gasteiger partial charge in [-0.25, -0.2) is 0 Å². The number of hydrogen-bond acceptors (Lipinski definition) is 2. The predicted octanol–water partition coefficient (Wildman–Crippen LogP) is 3.86. The van der Waals surface area contributed by atoms with E-state index in [1.807, 2.05) is 12.1 Å². The molecular weight excluding hydrogens is 293 g/mol. The summed E-state index contributed by atoms with van der Waals surface area (Å²) in [6, 6.07) is 7.22. The first-order valence-electron chi connectivity index (χ1n) is 7.51. The van der Waals surface area contributed by atoms with Crippen LogP contribution in [0.15, 0.2) is 24.3 Å². The van der Waals surface area contributed by atoms with Gasteiger partial charge in [0.1, 0.15) is 0 Å². The zero-order valence-corrected chi connectivity index (χ0v) is 12.5. The Morgan fingerprint density at radius 3 is 2.50 bits per heavy atom. The molecule has 1 aromatic carbocycles. The molecule has 3 nitrogen and oxygen atoms in total. The highest BCUT2D eigenvalue weighted by atomic mass is 19.4. The van der Waals surface area contributed by atoms with Gasteiger partial charge < -0.3 is 10.6 Å². The Labute approximate surface area is 128 Å². The van der Waals surface area contributed by atoms with Crippen molar-refractivity contribution in [1.82, 2.24) is 5.32 Å². The maximum Gasteiger partial charge on any atom is 0.391 e. The molecule has 1 aromatic rings. The van der Waals surface area contributed by atoms with E-state index in [-0.39, 0.29) is 24.8 Å². The Bertz CT molecular complexity index is 499. The number of hydrogen-bond donors (Lipinski definition) is 2. The first kappa shape index (κ1) is 16.8. The number of alkyl halides is 3. The second-order valence-corrected chi connectivity index (χ2v) is 5.86. The first-order chi connectivity index (χ1) is 10.3. The van der Waals surface area contributed by atoms with Crippen LogP contribution >= 0.6 is 0 Å². The molecule has 1 aliphatic rings. The van der Waals surface area contributed by atoms with Gasteiger partial charge in [-0.1, -0.05) is 18.6 Å². The van der Waals surface area contributed by atoms with Crippen LogP contribution in [0.3, 0.4) is 0 Å². The molecule has 1 aliphatic carbocycles. The van der Waals surface area contributed by atoms with E-state index >= 15 is 0 Å². The zero-order chi connectivity index (χ0) is 16.2. The lowest BCUT2D eigenvalue weighted by Crippen LogP contribution is -2.38. The van der Waals surface area contributed by atoms with Crippen LogP contribution in [0.25, 0.3) is 0 Å². The molecule has 2 N–H and O–H groups in total. The van der Waals surface area contributed by atoms with Crippen molar-refractivity contribution in [3.63, 3.8) is 0 Å². The highest BCUT2D eigenvalue weighted by Crippen LogP contribution is 2.37. The van der Waals surface area contributed by atoms with Crippen molar-refractivity contribution in [2.45, 2.75) is 51.4 Å². The van der Waals surface area contributed by atoms with Crippen LogP contribution in [0.5, 0.6) is 0 Å². The van der Waals surface area contributed by atoms with Crippen LogP contribution in [0.2, 0.25) is 0 Å². The molecular formula is C16H21F3N2O. The van der Waals surface area contributed by atoms with Crippen molar-refractivity contribution in [3.05, 3.63) is 29.8 Å². The average Bonchev–Trinajstić information content (AvgIpc) is 2.45. The standard InChI is InChI=1S/C16H21F3N2O/c1-11(22)21-14-7-5-12(6-8-14)10-20-15-4-2-3-13(9-15)16(17,18)19/h5-8,13,15,20H,2-4,9-10H2,1H3,(H,21,22)/t13-,15-/m1/s1. The van der Waals surface area contributed by atoms with Crippen LogP contribution in [0, 0.1) is 5.92 Å². The predicted molar refractivity (Wildman–Crippen MR) is 79.4 cm³/mol. The lowest BCUT2D eigenvalue weighted by molar-refractivity contribution is -0.183. The molecule has 0 aromatic heterocycles. The zero-order valence-electron chi connectivity index (χ0n) is 12.5. The molecule has 22 heavy (non-hydrogen) atoms. The highest BCUT2D eigenvalue weighted by Gasteiger charge is 2.41. The maximum absolute atomic E-state index is 12.8. The van der Waals surface area contributed by atoms with E-state index in [4.69, 9.17) is 0 Å². The number of halogens is 3. The molecule has 2 rings (SSSR count). The minimum Gasteiger partial charge on any atom is -0.326 e. The van der Waals surface area contributed by atoms with Crippen LogP contribution in [0.4, 0.5) is 18.9 Å². The van der Waals surface area contributed by atoms with E-state index in [9.17, 15) is 18.0 Å². The molecule has 1 amide bonds. The normalized spacial score (nSPS) is 22.4. The largest absolute Gasteiger partial charge is 0.391 e. The molecule has 1 fully saturated rings. The van der Waals surface area contributed by atoms with Gasteiger partial charge in [0, 0.05) is 25.2 Å². The molecule has 2 atom stereocenters. The van der Waals surface area contributed by atoms with Gasteiger partial charge in [-0.15, -0.1) is 0 Å². The summed E-state index contributed by atoms with van der Waals surface area (Å²) in [7, 11) is 0. The van der Waals surface area contributed by atoms with Gasteiger partial charge in [-0.05, 0) is 37.0 Å². The van der Waals surface area contributed by atoms with Gasteiger partial charge in [-0.3, -0.25) is 4.79 Å². The molecule has 0 saturated heterocycles. The summed E-state index contributed by atoms with van der Waals surface area (Å²) in [5.41, 5.74) is 1.70. The Morgan fingerprint density at radius 1 is 1.23 bits per heavy atom. The summed E-state index contributed by atoms with van der Waals surface area (Å²) in [6.45, 7) is 1.98. The number of anilines is 1. The third-order valence-electron chi connectivity index (χ3n) is 4.01. The van der Waals surface area contributed by atoms with Crippen molar-refractivity contribution < 1.29 is 18.0 Å². The van der Waals surface area contributed by atoms with Crippen molar-refractivity contribution in [1.29, 1.82) is 0 Å². The van der Waals surface area contributed by atoms with E-state index in [0.717, 1.165) is 12.0 Å². The Morgan fingerprint density at radius 2 is 1.91 bits per heavy atom. The lowest BCUT2D eigenvalue weighted by atomic mass is 9.85. The summed E-state index contributed by atoms with van der Waals surface area (Å²) in [5.74, 6) is -1.31. The summed E-state index contributed by atoms with van der Waals surface area (Å²) >= 11 is 0. The third kappa shape index (κ3) is 5.02. The lowest BCUT2D eigenvalue weighted by Gasteiger charge is -2.31. The summed E-state index contributed by atoms with van der Waals surface area (Å²) in [4.78, 5) is 10.9. The molecule has 0 heterocycles. The van der Waals surface area contributed by atoms with E-state index in [2.05, 4.69) is 10.6 Å². The van der Waals surface area contributed by atoms with Gasteiger partial charge in [0.25, 0.3) is 0 Å². The van der Waals surface area contributed by atoms with Crippen molar-refractivity contribution in [3.8, 4) is 0 Å². The first-order valence-corrected chi connectivity index (χ1v) is 7.51. The monoisotopic (exact) mass is 314 g/mol. The minimum absolute atomic E-state index is 0.0876. The van der Waals surface area contributed by atoms with Gasteiger partial charge in [-0.2, -0.15) is 13.2 Å². The number of rotatable bonds is 4. The minimum atomic E-state index is -4.08. The molecule has 0 bridgehead atoms. The topological polar surface area (TPSA) is 41.1 Å². The quantitative estimate of drug-likeness (QED) is 0.886. The molecule has 0 spiro atoms. The fraction of sp³-hybridized carbons (Fsp3) is 0.562. The van der Waals surface area contributed by atoms with Crippen LogP contribution in [-0.2, 0) is 11.3 Å². The fourth-order valence-electron chi connectivity index (χ4n) is 2.84. The van der Waals surface area contributed by atoms with Gasteiger partial charge in [0.15, 0.2) is 0 Å². The summed E-state index contributed by atoms with van der Waals surface area (Å²) in [5, 5.41) is 5.89. The Balaban J connectivity index is 1.83. The fourth-order valence-corrected chi connectivity index (χ4v) is 2.84. The number of amides is 1. The van der Waals surface area contributed by atoms with Gasteiger partial charge in [0.2, 0.25) is 5.91 Å².